The SMILES string of the molecule is CCOC(=O)CCCS(=O)(=O)c1c(C)cc(C=O)cc1C. The Morgan fingerprint density at radius 2 is 1.81 bits per heavy atom. The van der Waals surface area contributed by atoms with Crippen LogP contribution in [0.4, 0.5) is 0 Å². The lowest BCUT2D eigenvalue weighted by atomic mass is 10.1. The Labute approximate surface area is 125 Å². The molecular weight excluding hydrogens is 292 g/mol. The molecule has 1 aromatic rings. The van der Waals surface area contributed by atoms with Crippen molar-refractivity contribution in [1.82, 2.24) is 0 Å². The summed E-state index contributed by atoms with van der Waals surface area (Å²) in [6.07, 6.45) is 0.990. The van der Waals surface area contributed by atoms with Gasteiger partial charge in [0.1, 0.15) is 6.29 Å². The molecule has 0 aromatic heterocycles. The van der Waals surface area contributed by atoms with Crippen molar-refractivity contribution in [3.05, 3.63) is 28.8 Å². The Morgan fingerprint density at radius 1 is 1.24 bits per heavy atom. The summed E-state index contributed by atoms with van der Waals surface area (Å²) in [5.74, 6) is -0.508. The number of aldehydes is 1. The third-order valence-corrected chi connectivity index (χ3v) is 5.12. The van der Waals surface area contributed by atoms with Crippen LogP contribution in [0.1, 0.15) is 41.3 Å². The van der Waals surface area contributed by atoms with Crippen LogP contribution in [0.3, 0.4) is 0 Å². The number of rotatable bonds is 7. The average Bonchev–Trinajstić information content (AvgIpc) is 2.37. The van der Waals surface area contributed by atoms with E-state index in [9.17, 15) is 18.0 Å². The summed E-state index contributed by atoms with van der Waals surface area (Å²) in [5.41, 5.74) is 1.55. The number of benzene rings is 1. The molecule has 0 unspecified atom stereocenters. The lowest BCUT2D eigenvalue weighted by molar-refractivity contribution is -0.143. The van der Waals surface area contributed by atoms with Gasteiger partial charge in [0.2, 0.25) is 0 Å². The van der Waals surface area contributed by atoms with Crippen LogP contribution in [-0.2, 0) is 19.4 Å². The first-order chi connectivity index (χ1) is 9.81. The molecule has 116 valence electrons. The summed E-state index contributed by atoms with van der Waals surface area (Å²) in [6, 6.07) is 3.11. The van der Waals surface area contributed by atoms with Gasteiger partial charge in [-0.1, -0.05) is 0 Å². The summed E-state index contributed by atoms with van der Waals surface area (Å²) < 4.78 is 29.5. The molecule has 21 heavy (non-hydrogen) atoms. The maximum absolute atomic E-state index is 12.4. The van der Waals surface area contributed by atoms with Gasteiger partial charge < -0.3 is 4.74 Å². The van der Waals surface area contributed by atoms with E-state index in [0.717, 1.165) is 0 Å². The third-order valence-electron chi connectivity index (χ3n) is 3.03. The summed E-state index contributed by atoms with van der Waals surface area (Å²) in [6.45, 7) is 5.32. The highest BCUT2D eigenvalue weighted by atomic mass is 32.2. The number of hydrogen-bond donors (Lipinski definition) is 0. The molecule has 1 rings (SSSR count). The highest BCUT2D eigenvalue weighted by molar-refractivity contribution is 7.91. The molecule has 0 bridgehead atoms. The fourth-order valence-electron chi connectivity index (χ4n) is 2.28. The molecule has 0 heterocycles. The zero-order valence-electron chi connectivity index (χ0n) is 12.5. The quantitative estimate of drug-likeness (QED) is 0.570. The Kier molecular flexibility index (Phi) is 6.08. The number of aryl methyl sites for hydroxylation is 2. The first-order valence-electron chi connectivity index (χ1n) is 6.76. The van der Waals surface area contributed by atoms with E-state index >= 15 is 0 Å². The van der Waals surface area contributed by atoms with Gasteiger partial charge >= 0.3 is 5.97 Å². The van der Waals surface area contributed by atoms with Crippen molar-refractivity contribution in [2.75, 3.05) is 12.4 Å². The van der Waals surface area contributed by atoms with Crippen LogP contribution in [0.15, 0.2) is 17.0 Å². The summed E-state index contributed by atoms with van der Waals surface area (Å²) in [7, 11) is -3.48. The molecule has 0 aliphatic heterocycles. The lowest BCUT2D eigenvalue weighted by Gasteiger charge is -2.11. The van der Waals surface area contributed by atoms with Gasteiger partial charge in [0, 0.05) is 12.0 Å². The lowest BCUT2D eigenvalue weighted by Crippen LogP contribution is -2.13. The maximum Gasteiger partial charge on any atom is 0.305 e. The van der Waals surface area contributed by atoms with E-state index in [1.807, 2.05) is 0 Å². The van der Waals surface area contributed by atoms with Crippen LogP contribution in [0, 0.1) is 13.8 Å². The molecular formula is C15H20O5S. The van der Waals surface area contributed by atoms with E-state index in [1.165, 1.54) is 0 Å². The van der Waals surface area contributed by atoms with E-state index in [1.54, 1.807) is 32.9 Å². The van der Waals surface area contributed by atoms with Crippen LogP contribution in [0.2, 0.25) is 0 Å². The molecule has 0 spiro atoms. The fourth-order valence-corrected chi connectivity index (χ4v) is 4.11. The van der Waals surface area contributed by atoms with Crippen LogP contribution >= 0.6 is 0 Å². The van der Waals surface area contributed by atoms with Crippen molar-refractivity contribution in [2.24, 2.45) is 0 Å². The van der Waals surface area contributed by atoms with Crippen molar-refractivity contribution in [2.45, 2.75) is 38.5 Å². The van der Waals surface area contributed by atoms with Gasteiger partial charge in [0.15, 0.2) is 9.84 Å². The Balaban J connectivity index is 2.89. The average molecular weight is 312 g/mol. The topological polar surface area (TPSA) is 77.5 Å². The maximum atomic E-state index is 12.4. The highest BCUT2D eigenvalue weighted by Gasteiger charge is 2.20. The van der Waals surface area contributed by atoms with Gasteiger partial charge in [-0.2, -0.15) is 0 Å². The van der Waals surface area contributed by atoms with Gasteiger partial charge in [-0.3, -0.25) is 9.59 Å². The molecule has 0 radical (unpaired) electrons. The number of ether oxygens (including phenoxy) is 1. The van der Waals surface area contributed by atoms with Crippen molar-refractivity contribution in [3.8, 4) is 0 Å². The standard InChI is InChI=1S/C15H20O5S/c1-4-20-14(17)6-5-7-21(18,19)15-11(2)8-13(10-16)9-12(15)3/h8-10H,4-7H2,1-3H3. The highest BCUT2D eigenvalue weighted by Crippen LogP contribution is 2.23. The molecule has 5 nitrogen and oxygen atoms in total. The van der Waals surface area contributed by atoms with Crippen molar-refractivity contribution >= 4 is 22.1 Å². The minimum Gasteiger partial charge on any atom is -0.466 e. The van der Waals surface area contributed by atoms with Crippen LogP contribution in [0.25, 0.3) is 0 Å². The van der Waals surface area contributed by atoms with E-state index < -0.39 is 15.8 Å². The zero-order chi connectivity index (χ0) is 16.0. The minimum absolute atomic E-state index is 0.0809. The molecule has 0 atom stereocenters. The van der Waals surface area contributed by atoms with Gasteiger partial charge in [-0.25, -0.2) is 8.42 Å². The summed E-state index contributed by atoms with van der Waals surface area (Å²) in [5, 5.41) is 0. The first kappa shape index (κ1) is 17.4. The number of carbonyl (C=O) groups is 2. The van der Waals surface area contributed by atoms with Gasteiger partial charge in [0.25, 0.3) is 0 Å². The summed E-state index contributed by atoms with van der Waals surface area (Å²) >= 11 is 0. The molecule has 0 aliphatic carbocycles. The monoisotopic (exact) mass is 312 g/mol. The van der Waals surface area contributed by atoms with E-state index in [0.29, 0.717) is 23.0 Å². The van der Waals surface area contributed by atoms with Crippen molar-refractivity contribution in [3.63, 3.8) is 0 Å². The van der Waals surface area contributed by atoms with Gasteiger partial charge in [0.05, 0.1) is 17.3 Å². The Morgan fingerprint density at radius 3 is 2.29 bits per heavy atom. The molecule has 0 saturated carbocycles. The second-order valence-corrected chi connectivity index (χ2v) is 6.88. The predicted octanol–water partition coefficient (Wildman–Crippen LogP) is 2.23. The van der Waals surface area contributed by atoms with Crippen LogP contribution in [-0.4, -0.2) is 33.0 Å². The van der Waals surface area contributed by atoms with Crippen LogP contribution in [0.5, 0.6) is 0 Å². The largest absolute Gasteiger partial charge is 0.466 e. The van der Waals surface area contributed by atoms with E-state index in [-0.39, 0.29) is 30.1 Å². The molecule has 0 N–H and O–H groups in total. The molecule has 0 aliphatic rings. The smallest absolute Gasteiger partial charge is 0.305 e. The van der Waals surface area contributed by atoms with Gasteiger partial charge in [-0.15, -0.1) is 0 Å². The van der Waals surface area contributed by atoms with Gasteiger partial charge in [-0.05, 0) is 50.5 Å². The van der Waals surface area contributed by atoms with Crippen LogP contribution < -0.4 is 0 Å². The number of hydrogen-bond acceptors (Lipinski definition) is 5. The Hall–Kier alpha value is -1.69. The molecule has 1 aromatic carbocycles. The number of esters is 1. The number of carbonyl (C=O) groups excluding carboxylic acids is 2. The second kappa shape index (κ2) is 7.36. The number of sulfone groups is 1. The summed E-state index contributed by atoms with van der Waals surface area (Å²) in [4.78, 5) is 22.3. The first-order valence-corrected chi connectivity index (χ1v) is 8.42. The predicted molar refractivity (Wildman–Crippen MR) is 79.2 cm³/mol. The molecule has 0 amide bonds. The third kappa shape index (κ3) is 4.67. The minimum atomic E-state index is -3.48. The normalized spacial score (nSPS) is 11.2. The van der Waals surface area contributed by atoms with E-state index in [2.05, 4.69) is 0 Å². The molecule has 0 saturated heterocycles. The fraction of sp³-hybridized carbons (Fsp3) is 0.467. The zero-order valence-corrected chi connectivity index (χ0v) is 13.3. The molecule has 0 fully saturated rings. The van der Waals surface area contributed by atoms with Crippen molar-refractivity contribution in [1.29, 1.82) is 0 Å². The van der Waals surface area contributed by atoms with E-state index in [4.69, 9.17) is 4.74 Å². The van der Waals surface area contributed by atoms with Crippen molar-refractivity contribution < 1.29 is 22.7 Å². The molecule has 6 heteroatoms. The second-order valence-electron chi connectivity index (χ2n) is 4.83. The Bertz CT molecular complexity index is 608.